The van der Waals surface area contributed by atoms with E-state index in [1.54, 1.807) is 49.6 Å². The summed E-state index contributed by atoms with van der Waals surface area (Å²) in [5, 5.41) is 2.77. The van der Waals surface area contributed by atoms with Crippen LogP contribution in [0.2, 0.25) is 0 Å². The zero-order valence-corrected chi connectivity index (χ0v) is 16.6. The van der Waals surface area contributed by atoms with Gasteiger partial charge in [0.15, 0.2) is 0 Å². The van der Waals surface area contributed by atoms with Gasteiger partial charge in [-0.3, -0.25) is 19.3 Å². The van der Waals surface area contributed by atoms with Crippen molar-refractivity contribution in [2.75, 3.05) is 23.4 Å². The van der Waals surface area contributed by atoms with Crippen LogP contribution in [0.4, 0.5) is 11.4 Å². The number of para-hydroxylation sites is 2. The smallest absolute Gasteiger partial charge is 0.262 e. The van der Waals surface area contributed by atoms with Crippen molar-refractivity contribution in [3.63, 3.8) is 0 Å². The van der Waals surface area contributed by atoms with Crippen LogP contribution in [0.1, 0.15) is 22.0 Å². The van der Waals surface area contributed by atoms with Gasteiger partial charge < -0.3 is 15.0 Å². The van der Waals surface area contributed by atoms with Crippen molar-refractivity contribution in [1.82, 2.24) is 10.3 Å². The molecular weight excluding hydrogens is 396 g/mol. The van der Waals surface area contributed by atoms with Crippen molar-refractivity contribution in [3.05, 3.63) is 78.0 Å². The Hall–Kier alpha value is -4.20. The zero-order valence-electron chi connectivity index (χ0n) is 16.6. The molecule has 2 aromatic carbocycles. The lowest BCUT2D eigenvalue weighted by Gasteiger charge is -2.22. The number of hydrogen-bond acceptors (Lipinski definition) is 5. The molecule has 0 aliphatic carbocycles. The Balaban J connectivity index is 1.45. The second-order valence-corrected chi connectivity index (χ2v) is 7.27. The summed E-state index contributed by atoms with van der Waals surface area (Å²) in [6.45, 7) is -0.287. The normalized spacial score (nSPS) is 16.7. The number of anilines is 2. The summed E-state index contributed by atoms with van der Waals surface area (Å²) in [6, 6.07) is 16.6. The van der Waals surface area contributed by atoms with Crippen molar-refractivity contribution >= 4 is 29.1 Å². The molecule has 2 aliphatic rings. The number of likely N-dealkylation sites (N-methyl/N-ethyl adjacent to an activating group) is 1. The van der Waals surface area contributed by atoms with Gasteiger partial charge in [0.25, 0.3) is 11.8 Å². The first kappa shape index (κ1) is 18.8. The largest absolute Gasteiger partial charge is 0.436 e. The number of ether oxygens (including phenoxy) is 1. The summed E-state index contributed by atoms with van der Waals surface area (Å²) < 4.78 is 5.83. The second-order valence-electron chi connectivity index (χ2n) is 7.27. The fourth-order valence-corrected chi connectivity index (χ4v) is 3.89. The summed E-state index contributed by atoms with van der Waals surface area (Å²) >= 11 is 0. The Morgan fingerprint density at radius 3 is 2.65 bits per heavy atom. The SMILES string of the molecule is CN1C(=O)C(NC(=O)CN2C(=O)c3ccccc3Oc3ncccc32)c2ccccc21. The van der Waals surface area contributed by atoms with Gasteiger partial charge in [0.05, 0.1) is 5.56 Å². The van der Waals surface area contributed by atoms with Gasteiger partial charge in [-0.2, -0.15) is 0 Å². The lowest BCUT2D eigenvalue weighted by Crippen LogP contribution is -2.43. The number of nitrogens with one attached hydrogen (secondary N) is 1. The van der Waals surface area contributed by atoms with Gasteiger partial charge in [-0.05, 0) is 30.3 Å². The van der Waals surface area contributed by atoms with Crippen LogP contribution in [0.3, 0.4) is 0 Å². The van der Waals surface area contributed by atoms with Crippen LogP contribution in [0.15, 0.2) is 66.9 Å². The second kappa shape index (κ2) is 7.24. The maximum atomic E-state index is 13.2. The molecule has 154 valence electrons. The molecule has 0 bridgehead atoms. The molecule has 1 atom stereocenters. The van der Waals surface area contributed by atoms with Crippen molar-refractivity contribution < 1.29 is 19.1 Å². The van der Waals surface area contributed by atoms with E-state index in [-0.39, 0.29) is 24.2 Å². The third-order valence-electron chi connectivity index (χ3n) is 5.40. The van der Waals surface area contributed by atoms with Crippen LogP contribution in [0, 0.1) is 0 Å². The molecule has 1 unspecified atom stereocenters. The molecule has 0 fully saturated rings. The van der Waals surface area contributed by atoms with E-state index in [4.69, 9.17) is 4.74 Å². The average Bonchev–Trinajstić information content (AvgIpc) is 2.95. The molecule has 2 aliphatic heterocycles. The van der Waals surface area contributed by atoms with Crippen LogP contribution < -0.4 is 19.9 Å². The fraction of sp³-hybridized carbons (Fsp3) is 0.130. The maximum absolute atomic E-state index is 13.2. The van der Waals surface area contributed by atoms with Crippen LogP contribution in [-0.4, -0.2) is 36.3 Å². The third kappa shape index (κ3) is 3.09. The highest BCUT2D eigenvalue weighted by Crippen LogP contribution is 2.37. The molecule has 8 heteroatoms. The molecule has 31 heavy (non-hydrogen) atoms. The lowest BCUT2D eigenvalue weighted by molar-refractivity contribution is -0.126. The number of hydrogen-bond donors (Lipinski definition) is 1. The Labute approximate surface area is 178 Å². The minimum atomic E-state index is -0.798. The van der Waals surface area contributed by atoms with Gasteiger partial charge in [0.2, 0.25) is 11.8 Å². The van der Waals surface area contributed by atoms with Gasteiger partial charge in [-0.1, -0.05) is 30.3 Å². The lowest BCUT2D eigenvalue weighted by atomic mass is 10.1. The molecule has 0 saturated carbocycles. The van der Waals surface area contributed by atoms with Gasteiger partial charge in [-0.15, -0.1) is 0 Å². The topological polar surface area (TPSA) is 91.8 Å². The molecule has 1 N–H and O–H groups in total. The molecule has 3 amide bonds. The Kier molecular flexibility index (Phi) is 4.39. The van der Waals surface area contributed by atoms with Crippen molar-refractivity contribution in [2.24, 2.45) is 0 Å². The monoisotopic (exact) mass is 414 g/mol. The summed E-state index contributed by atoms with van der Waals surface area (Å²) in [6.07, 6.45) is 1.56. The molecule has 0 saturated heterocycles. The van der Waals surface area contributed by atoms with Crippen molar-refractivity contribution in [2.45, 2.75) is 6.04 Å². The third-order valence-corrected chi connectivity index (χ3v) is 5.40. The standard InChI is InChI=1S/C23H18N4O4/c1-26-16-9-4-2-7-14(16)20(23(26)30)25-19(28)13-27-17-10-6-12-24-21(17)31-18-11-5-3-8-15(18)22(27)29/h2-12,20H,13H2,1H3,(H,25,28). The molecule has 0 radical (unpaired) electrons. The van der Waals surface area contributed by atoms with Crippen LogP contribution >= 0.6 is 0 Å². The first-order valence-corrected chi connectivity index (χ1v) is 9.74. The van der Waals surface area contributed by atoms with Crippen LogP contribution in [0.25, 0.3) is 0 Å². The van der Waals surface area contributed by atoms with Crippen molar-refractivity contribution in [3.8, 4) is 11.6 Å². The number of aromatic nitrogens is 1. The number of pyridine rings is 1. The van der Waals surface area contributed by atoms with Gasteiger partial charge in [-0.25, -0.2) is 4.98 Å². The highest BCUT2D eigenvalue weighted by Gasteiger charge is 2.37. The molecule has 1 aromatic heterocycles. The predicted octanol–water partition coefficient (Wildman–Crippen LogP) is 2.67. The molecule has 5 rings (SSSR count). The fourth-order valence-electron chi connectivity index (χ4n) is 3.89. The first-order chi connectivity index (χ1) is 15.0. The number of carbonyl (C=O) groups excluding carboxylic acids is 3. The zero-order chi connectivity index (χ0) is 21.5. The van der Waals surface area contributed by atoms with Crippen LogP contribution in [-0.2, 0) is 9.59 Å². The Bertz CT molecular complexity index is 1230. The number of benzene rings is 2. The minimum Gasteiger partial charge on any atom is -0.436 e. The highest BCUT2D eigenvalue weighted by atomic mass is 16.5. The summed E-state index contributed by atoms with van der Waals surface area (Å²) in [5.74, 6) is -0.473. The molecule has 3 heterocycles. The van der Waals surface area contributed by atoms with Crippen LogP contribution in [0.5, 0.6) is 11.6 Å². The van der Waals surface area contributed by atoms with E-state index in [1.165, 1.54) is 9.80 Å². The van der Waals surface area contributed by atoms with E-state index in [2.05, 4.69) is 10.3 Å². The van der Waals surface area contributed by atoms with Gasteiger partial charge in [0.1, 0.15) is 24.0 Å². The number of rotatable bonds is 3. The first-order valence-electron chi connectivity index (χ1n) is 9.74. The van der Waals surface area contributed by atoms with E-state index in [9.17, 15) is 14.4 Å². The minimum absolute atomic E-state index is 0.229. The summed E-state index contributed by atoms with van der Waals surface area (Å²) in [7, 11) is 1.67. The Morgan fingerprint density at radius 1 is 1.03 bits per heavy atom. The highest BCUT2D eigenvalue weighted by molar-refractivity contribution is 6.12. The number of amides is 3. The van der Waals surface area contributed by atoms with E-state index in [0.717, 1.165) is 11.3 Å². The van der Waals surface area contributed by atoms with Gasteiger partial charge >= 0.3 is 0 Å². The van der Waals surface area contributed by atoms with Crippen molar-refractivity contribution in [1.29, 1.82) is 0 Å². The van der Waals surface area contributed by atoms with Gasteiger partial charge in [0, 0.05) is 24.5 Å². The van der Waals surface area contributed by atoms with E-state index >= 15 is 0 Å². The number of carbonyl (C=O) groups is 3. The molecular formula is C23H18N4O4. The number of fused-ring (bicyclic) bond motifs is 3. The number of nitrogens with zero attached hydrogens (tertiary/aromatic N) is 3. The summed E-state index contributed by atoms with van der Waals surface area (Å²) in [5.41, 5.74) is 2.19. The maximum Gasteiger partial charge on any atom is 0.262 e. The van der Waals surface area contributed by atoms with E-state index in [1.807, 2.05) is 24.3 Å². The predicted molar refractivity (Wildman–Crippen MR) is 113 cm³/mol. The summed E-state index contributed by atoms with van der Waals surface area (Å²) in [4.78, 5) is 45.9. The average molecular weight is 414 g/mol. The van der Waals surface area contributed by atoms with E-state index < -0.39 is 11.9 Å². The quantitative estimate of drug-likeness (QED) is 0.712. The Morgan fingerprint density at radius 2 is 1.77 bits per heavy atom. The molecule has 3 aromatic rings. The molecule has 0 spiro atoms. The van der Waals surface area contributed by atoms with E-state index in [0.29, 0.717) is 17.0 Å². The molecule has 8 nitrogen and oxygen atoms in total.